The van der Waals surface area contributed by atoms with Gasteiger partial charge >= 0.3 is 0 Å². The van der Waals surface area contributed by atoms with Gasteiger partial charge in [0.05, 0.1) is 0 Å². The van der Waals surface area contributed by atoms with E-state index in [0.717, 1.165) is 21.9 Å². The van der Waals surface area contributed by atoms with Crippen LogP contribution in [-0.2, 0) is 0 Å². The Balaban J connectivity index is 1.68. The third kappa shape index (κ3) is 2.72. The molecule has 0 spiro atoms. The number of hydrogen-bond acceptors (Lipinski definition) is 1. The Morgan fingerprint density at radius 2 is 1.38 bits per heavy atom. The van der Waals surface area contributed by atoms with Gasteiger partial charge in [0.15, 0.2) is 5.78 Å². The summed E-state index contributed by atoms with van der Waals surface area (Å²) in [7, 11) is 0. The number of rotatable bonds is 3. The maximum atomic E-state index is 12.6. The second kappa shape index (κ2) is 6.13. The second-order valence-corrected chi connectivity index (χ2v) is 5.83. The predicted molar refractivity (Wildman–Crippen MR) is 101 cm³/mol. The van der Waals surface area contributed by atoms with Gasteiger partial charge in [0.1, 0.15) is 0 Å². The average molecular weight is 308 g/mol. The molecule has 0 heterocycles. The third-order valence-electron chi connectivity index (χ3n) is 4.26. The predicted octanol–water partition coefficient (Wildman–Crippen LogP) is 5.89. The molecule has 4 rings (SSSR count). The number of carbonyl (C=O) groups is 1. The van der Waals surface area contributed by atoms with Crippen molar-refractivity contribution in [1.82, 2.24) is 0 Å². The molecule has 0 N–H and O–H groups in total. The lowest BCUT2D eigenvalue weighted by atomic mass is 10.0. The molecule has 1 nitrogen and oxygen atoms in total. The molecule has 1 heteroatoms. The molecule has 0 saturated heterocycles. The lowest BCUT2D eigenvalue weighted by Gasteiger charge is -2.03. The number of ketones is 1. The molecule has 0 unspecified atom stereocenters. The Labute approximate surface area is 140 Å². The lowest BCUT2D eigenvalue weighted by molar-refractivity contribution is 0.104. The first-order chi connectivity index (χ1) is 11.8. The van der Waals surface area contributed by atoms with Crippen LogP contribution in [0.1, 0.15) is 15.9 Å². The smallest absolute Gasteiger partial charge is 0.186 e. The Morgan fingerprint density at radius 1 is 0.667 bits per heavy atom. The zero-order valence-corrected chi connectivity index (χ0v) is 13.1. The van der Waals surface area contributed by atoms with E-state index >= 15 is 0 Å². The summed E-state index contributed by atoms with van der Waals surface area (Å²) in [5, 5.41) is 4.46. The van der Waals surface area contributed by atoms with E-state index in [1.54, 1.807) is 6.08 Å². The van der Waals surface area contributed by atoms with E-state index in [1.165, 1.54) is 10.8 Å². The molecule has 0 aliphatic carbocycles. The molecule has 0 radical (unpaired) electrons. The van der Waals surface area contributed by atoms with E-state index in [2.05, 4.69) is 24.3 Å². The molecule has 0 saturated carbocycles. The van der Waals surface area contributed by atoms with Gasteiger partial charge in [-0.1, -0.05) is 84.9 Å². The molecule has 0 aliphatic rings. The molecular weight excluding hydrogens is 292 g/mol. The zero-order valence-electron chi connectivity index (χ0n) is 13.1. The highest BCUT2D eigenvalue weighted by Crippen LogP contribution is 2.20. The number of benzene rings is 4. The Bertz CT molecular complexity index is 1070. The van der Waals surface area contributed by atoms with Crippen molar-refractivity contribution in [3.63, 3.8) is 0 Å². The van der Waals surface area contributed by atoms with Gasteiger partial charge in [-0.3, -0.25) is 4.79 Å². The SMILES string of the molecule is O=C(/C=C\c1ccc2ccccc2c1)c1cccc2ccccc12. The van der Waals surface area contributed by atoms with E-state index in [1.807, 2.05) is 66.7 Å². The molecule has 4 aromatic carbocycles. The normalized spacial score (nSPS) is 11.3. The Hall–Kier alpha value is -3.19. The van der Waals surface area contributed by atoms with E-state index in [0.29, 0.717) is 0 Å². The lowest BCUT2D eigenvalue weighted by Crippen LogP contribution is -1.95. The summed E-state index contributed by atoms with van der Waals surface area (Å²) in [5.41, 5.74) is 1.77. The number of fused-ring (bicyclic) bond motifs is 2. The minimum Gasteiger partial charge on any atom is -0.289 e. The van der Waals surface area contributed by atoms with Crippen LogP contribution in [0.2, 0.25) is 0 Å². The standard InChI is InChI=1S/C23H16O/c24-23(22-11-5-9-19-7-3-4-10-21(19)22)15-13-17-12-14-18-6-1-2-8-20(18)16-17/h1-16H/b15-13-. The van der Waals surface area contributed by atoms with Crippen molar-refractivity contribution in [1.29, 1.82) is 0 Å². The molecule has 0 amide bonds. The summed E-state index contributed by atoms with van der Waals surface area (Å²) >= 11 is 0. The van der Waals surface area contributed by atoms with Crippen LogP contribution in [0.25, 0.3) is 27.6 Å². The average Bonchev–Trinajstić information content (AvgIpc) is 2.65. The summed E-state index contributed by atoms with van der Waals surface area (Å²) < 4.78 is 0. The van der Waals surface area contributed by atoms with Crippen LogP contribution in [0.4, 0.5) is 0 Å². The van der Waals surface area contributed by atoms with Crippen LogP contribution in [0, 0.1) is 0 Å². The van der Waals surface area contributed by atoms with Crippen LogP contribution < -0.4 is 0 Å². The van der Waals surface area contributed by atoms with Crippen LogP contribution >= 0.6 is 0 Å². The highest BCUT2D eigenvalue weighted by atomic mass is 16.1. The number of carbonyl (C=O) groups excluding carboxylic acids is 1. The van der Waals surface area contributed by atoms with Gasteiger partial charge in [0.25, 0.3) is 0 Å². The Morgan fingerprint density at radius 3 is 2.25 bits per heavy atom. The van der Waals surface area contributed by atoms with Gasteiger partial charge in [-0.2, -0.15) is 0 Å². The first kappa shape index (κ1) is 14.4. The molecule has 114 valence electrons. The van der Waals surface area contributed by atoms with Crippen molar-refractivity contribution < 1.29 is 4.79 Å². The minimum absolute atomic E-state index is 0.0277. The van der Waals surface area contributed by atoms with Crippen LogP contribution in [0.3, 0.4) is 0 Å². The van der Waals surface area contributed by atoms with Crippen molar-refractivity contribution in [3.05, 3.63) is 102 Å². The number of hydrogen-bond donors (Lipinski definition) is 0. The summed E-state index contributed by atoms with van der Waals surface area (Å²) in [5.74, 6) is 0.0277. The van der Waals surface area contributed by atoms with Crippen molar-refractivity contribution >= 4 is 33.4 Å². The molecule has 0 fully saturated rings. The van der Waals surface area contributed by atoms with E-state index < -0.39 is 0 Å². The fourth-order valence-corrected chi connectivity index (χ4v) is 3.01. The van der Waals surface area contributed by atoms with Gasteiger partial charge in [0, 0.05) is 5.56 Å². The molecule has 24 heavy (non-hydrogen) atoms. The summed E-state index contributed by atoms with van der Waals surface area (Å²) in [6.07, 6.45) is 3.54. The monoisotopic (exact) mass is 308 g/mol. The van der Waals surface area contributed by atoms with Gasteiger partial charge in [0.2, 0.25) is 0 Å². The molecule has 0 bridgehead atoms. The topological polar surface area (TPSA) is 17.1 Å². The Kier molecular flexibility index (Phi) is 3.68. The fraction of sp³-hybridized carbons (Fsp3) is 0. The van der Waals surface area contributed by atoms with Crippen molar-refractivity contribution in [3.8, 4) is 0 Å². The van der Waals surface area contributed by atoms with Gasteiger partial charge < -0.3 is 0 Å². The second-order valence-electron chi connectivity index (χ2n) is 5.83. The van der Waals surface area contributed by atoms with Crippen molar-refractivity contribution in [2.24, 2.45) is 0 Å². The van der Waals surface area contributed by atoms with Crippen LogP contribution in [0.15, 0.2) is 91.0 Å². The molecule has 0 atom stereocenters. The quantitative estimate of drug-likeness (QED) is 0.341. The summed E-state index contributed by atoms with van der Waals surface area (Å²) in [6, 6.07) is 28.3. The maximum Gasteiger partial charge on any atom is 0.186 e. The highest BCUT2D eigenvalue weighted by Gasteiger charge is 2.06. The first-order valence-corrected chi connectivity index (χ1v) is 8.00. The molecule has 0 aliphatic heterocycles. The largest absolute Gasteiger partial charge is 0.289 e. The highest BCUT2D eigenvalue weighted by molar-refractivity contribution is 6.14. The minimum atomic E-state index is 0.0277. The van der Waals surface area contributed by atoms with Crippen LogP contribution in [0.5, 0.6) is 0 Å². The number of allylic oxidation sites excluding steroid dienone is 1. The van der Waals surface area contributed by atoms with Gasteiger partial charge in [-0.15, -0.1) is 0 Å². The summed E-state index contributed by atoms with van der Waals surface area (Å²) in [4.78, 5) is 12.6. The van der Waals surface area contributed by atoms with Crippen molar-refractivity contribution in [2.45, 2.75) is 0 Å². The summed E-state index contributed by atoms with van der Waals surface area (Å²) in [6.45, 7) is 0. The van der Waals surface area contributed by atoms with Crippen LogP contribution in [-0.4, -0.2) is 5.78 Å². The fourth-order valence-electron chi connectivity index (χ4n) is 3.01. The third-order valence-corrected chi connectivity index (χ3v) is 4.26. The molecule has 4 aromatic rings. The first-order valence-electron chi connectivity index (χ1n) is 8.00. The van der Waals surface area contributed by atoms with E-state index in [9.17, 15) is 4.79 Å². The van der Waals surface area contributed by atoms with Gasteiger partial charge in [-0.25, -0.2) is 0 Å². The maximum absolute atomic E-state index is 12.6. The van der Waals surface area contributed by atoms with E-state index in [-0.39, 0.29) is 5.78 Å². The molecular formula is C23H16O. The van der Waals surface area contributed by atoms with Crippen molar-refractivity contribution in [2.75, 3.05) is 0 Å². The molecule has 0 aromatic heterocycles. The van der Waals surface area contributed by atoms with Gasteiger partial charge in [-0.05, 0) is 39.3 Å². The van der Waals surface area contributed by atoms with E-state index in [4.69, 9.17) is 0 Å². The zero-order chi connectivity index (χ0) is 16.4.